The lowest BCUT2D eigenvalue weighted by atomic mass is 10.3. The van der Waals surface area contributed by atoms with Gasteiger partial charge >= 0.3 is 0 Å². The fraction of sp³-hybridized carbons (Fsp3) is 0.176. The van der Waals surface area contributed by atoms with E-state index in [1.807, 2.05) is 17.5 Å². The van der Waals surface area contributed by atoms with Crippen molar-refractivity contribution in [2.75, 3.05) is 5.32 Å². The summed E-state index contributed by atoms with van der Waals surface area (Å²) in [5, 5.41) is 11.5. The summed E-state index contributed by atoms with van der Waals surface area (Å²) in [6.07, 6.45) is 5.25. The van der Waals surface area contributed by atoms with Crippen molar-refractivity contribution in [3.63, 3.8) is 0 Å². The molecular formula is C17H17N5O2S. The fourth-order valence-corrected chi connectivity index (χ4v) is 2.80. The molecule has 3 rings (SSSR count). The first-order valence-corrected chi connectivity index (χ1v) is 8.57. The van der Waals surface area contributed by atoms with E-state index in [0.717, 1.165) is 5.56 Å². The van der Waals surface area contributed by atoms with E-state index < -0.39 is 6.04 Å². The summed E-state index contributed by atoms with van der Waals surface area (Å²) >= 11 is 1.33. The molecule has 0 saturated carbocycles. The quantitative estimate of drug-likeness (QED) is 0.709. The minimum Gasteiger partial charge on any atom is -0.340 e. The fourth-order valence-electron chi connectivity index (χ4n) is 2.17. The lowest BCUT2D eigenvalue weighted by Gasteiger charge is -2.12. The smallest absolute Gasteiger partial charge is 0.261 e. The number of thiophene rings is 1. The molecule has 0 aliphatic carbocycles. The van der Waals surface area contributed by atoms with Gasteiger partial charge in [0.05, 0.1) is 11.4 Å². The molecule has 0 unspecified atom stereocenters. The molecule has 0 fully saturated rings. The van der Waals surface area contributed by atoms with Crippen LogP contribution in [-0.4, -0.2) is 32.6 Å². The molecule has 0 saturated heterocycles. The number of pyridine rings is 1. The van der Waals surface area contributed by atoms with Crippen LogP contribution in [0.15, 0.2) is 54.3 Å². The summed E-state index contributed by atoms with van der Waals surface area (Å²) in [6.45, 7) is 2.20. The van der Waals surface area contributed by atoms with Crippen LogP contribution >= 0.6 is 11.3 Å². The zero-order chi connectivity index (χ0) is 17.6. The Morgan fingerprint density at radius 2 is 2.16 bits per heavy atom. The van der Waals surface area contributed by atoms with Crippen LogP contribution < -0.4 is 10.6 Å². The van der Waals surface area contributed by atoms with Gasteiger partial charge in [0.15, 0.2) is 5.82 Å². The molecule has 0 bridgehead atoms. The predicted octanol–water partition coefficient (Wildman–Crippen LogP) is 2.14. The molecule has 7 nitrogen and oxygen atoms in total. The van der Waals surface area contributed by atoms with Crippen LogP contribution in [0.2, 0.25) is 0 Å². The van der Waals surface area contributed by atoms with Crippen LogP contribution in [0.1, 0.15) is 22.2 Å². The van der Waals surface area contributed by atoms with Gasteiger partial charge in [-0.2, -0.15) is 5.10 Å². The Morgan fingerprint density at radius 1 is 1.28 bits per heavy atom. The number of hydrogen-bond donors (Lipinski definition) is 2. The first-order chi connectivity index (χ1) is 12.1. The summed E-state index contributed by atoms with van der Waals surface area (Å²) < 4.78 is 1.71. The molecule has 3 heterocycles. The zero-order valence-electron chi connectivity index (χ0n) is 13.5. The van der Waals surface area contributed by atoms with E-state index in [2.05, 4.69) is 20.7 Å². The Morgan fingerprint density at radius 3 is 2.88 bits per heavy atom. The van der Waals surface area contributed by atoms with Gasteiger partial charge in [-0.05, 0) is 30.0 Å². The van der Waals surface area contributed by atoms with Crippen molar-refractivity contribution in [3.05, 3.63) is 64.7 Å². The van der Waals surface area contributed by atoms with Crippen molar-refractivity contribution in [2.24, 2.45) is 0 Å². The Labute approximate surface area is 148 Å². The maximum Gasteiger partial charge on any atom is 0.261 e. The molecule has 3 aromatic rings. The second-order valence-electron chi connectivity index (χ2n) is 5.42. The highest BCUT2D eigenvalue weighted by atomic mass is 32.1. The number of nitrogens with zero attached hydrogens (tertiary/aromatic N) is 3. The van der Waals surface area contributed by atoms with Gasteiger partial charge in [0.25, 0.3) is 5.91 Å². The standard InChI is InChI=1S/C17H17N5O2S/c1-12(19-17(24)14-5-3-9-25-14)16(23)20-15-6-8-22(21-15)11-13-4-2-7-18-10-13/h2-10,12H,11H2,1H3,(H,19,24)(H,20,21,23)/t12-/m0/s1. The first-order valence-electron chi connectivity index (χ1n) is 7.69. The molecule has 0 aliphatic rings. The average molecular weight is 355 g/mol. The van der Waals surface area contributed by atoms with Gasteiger partial charge in [-0.3, -0.25) is 19.3 Å². The van der Waals surface area contributed by atoms with Gasteiger partial charge in [0.1, 0.15) is 6.04 Å². The van der Waals surface area contributed by atoms with E-state index in [1.54, 1.807) is 48.4 Å². The van der Waals surface area contributed by atoms with E-state index in [9.17, 15) is 9.59 Å². The minimum absolute atomic E-state index is 0.264. The summed E-state index contributed by atoms with van der Waals surface area (Å²) in [7, 11) is 0. The molecule has 2 N–H and O–H groups in total. The lowest BCUT2D eigenvalue weighted by Crippen LogP contribution is -2.41. The molecule has 0 spiro atoms. The van der Waals surface area contributed by atoms with Crippen molar-refractivity contribution < 1.29 is 9.59 Å². The zero-order valence-corrected chi connectivity index (χ0v) is 14.4. The van der Waals surface area contributed by atoms with Crippen molar-refractivity contribution in [1.82, 2.24) is 20.1 Å². The molecule has 0 radical (unpaired) electrons. The highest BCUT2D eigenvalue weighted by molar-refractivity contribution is 7.12. The van der Waals surface area contributed by atoms with Crippen molar-refractivity contribution in [3.8, 4) is 0 Å². The van der Waals surface area contributed by atoms with Crippen LogP contribution in [0.25, 0.3) is 0 Å². The minimum atomic E-state index is -0.668. The predicted molar refractivity (Wildman–Crippen MR) is 95.4 cm³/mol. The number of carbonyl (C=O) groups is 2. The lowest BCUT2D eigenvalue weighted by molar-refractivity contribution is -0.117. The highest BCUT2D eigenvalue weighted by Gasteiger charge is 2.18. The van der Waals surface area contributed by atoms with Crippen LogP contribution in [0.5, 0.6) is 0 Å². The van der Waals surface area contributed by atoms with Gasteiger partial charge in [-0.15, -0.1) is 11.3 Å². The molecule has 1 atom stereocenters. The van der Waals surface area contributed by atoms with Gasteiger partial charge in [0, 0.05) is 24.7 Å². The molecule has 0 aromatic carbocycles. The third-order valence-corrected chi connectivity index (χ3v) is 4.31. The van der Waals surface area contributed by atoms with E-state index in [-0.39, 0.29) is 11.8 Å². The third-order valence-electron chi connectivity index (χ3n) is 3.45. The largest absolute Gasteiger partial charge is 0.340 e. The number of anilines is 1. The Hall–Kier alpha value is -3.00. The third kappa shape index (κ3) is 4.51. The summed E-state index contributed by atoms with van der Waals surface area (Å²) in [5.74, 6) is -0.151. The van der Waals surface area contributed by atoms with Crippen LogP contribution in [-0.2, 0) is 11.3 Å². The topological polar surface area (TPSA) is 88.9 Å². The van der Waals surface area contributed by atoms with E-state index >= 15 is 0 Å². The highest BCUT2D eigenvalue weighted by Crippen LogP contribution is 2.09. The molecule has 128 valence electrons. The van der Waals surface area contributed by atoms with Crippen LogP contribution in [0, 0.1) is 0 Å². The summed E-state index contributed by atoms with van der Waals surface area (Å²) in [5.41, 5.74) is 1.01. The SMILES string of the molecule is C[C@H](NC(=O)c1cccs1)C(=O)Nc1ccn(Cc2cccnc2)n1. The first kappa shape index (κ1) is 16.8. The summed E-state index contributed by atoms with van der Waals surface area (Å²) in [4.78, 5) is 28.8. The molecule has 25 heavy (non-hydrogen) atoms. The van der Waals surface area contributed by atoms with Gasteiger partial charge in [0.2, 0.25) is 5.91 Å². The number of amides is 2. The monoisotopic (exact) mass is 355 g/mol. The van der Waals surface area contributed by atoms with Gasteiger partial charge < -0.3 is 10.6 Å². The van der Waals surface area contributed by atoms with Crippen molar-refractivity contribution >= 4 is 29.0 Å². The van der Waals surface area contributed by atoms with Crippen LogP contribution in [0.3, 0.4) is 0 Å². The van der Waals surface area contributed by atoms with Gasteiger partial charge in [-0.25, -0.2) is 0 Å². The van der Waals surface area contributed by atoms with Crippen molar-refractivity contribution in [2.45, 2.75) is 19.5 Å². The Kier molecular flexibility index (Phi) is 5.20. The summed E-state index contributed by atoms with van der Waals surface area (Å²) in [6, 6.07) is 8.36. The second-order valence-corrected chi connectivity index (χ2v) is 6.37. The average Bonchev–Trinajstić information content (AvgIpc) is 3.28. The number of carbonyl (C=O) groups excluding carboxylic acids is 2. The van der Waals surface area contributed by atoms with Crippen LogP contribution in [0.4, 0.5) is 5.82 Å². The molecule has 3 aromatic heterocycles. The number of rotatable bonds is 6. The molecular weight excluding hydrogens is 338 g/mol. The van der Waals surface area contributed by atoms with Gasteiger partial charge in [-0.1, -0.05) is 12.1 Å². The maximum absolute atomic E-state index is 12.2. The number of aromatic nitrogens is 3. The molecule has 8 heteroatoms. The maximum atomic E-state index is 12.2. The van der Waals surface area contributed by atoms with E-state index in [1.165, 1.54) is 11.3 Å². The number of nitrogens with one attached hydrogen (secondary N) is 2. The molecule has 2 amide bonds. The Balaban J connectivity index is 1.55. The van der Waals surface area contributed by atoms with E-state index in [0.29, 0.717) is 17.2 Å². The van der Waals surface area contributed by atoms with Crippen molar-refractivity contribution in [1.29, 1.82) is 0 Å². The normalized spacial score (nSPS) is 11.7. The second kappa shape index (κ2) is 7.71. The Bertz CT molecular complexity index is 845. The number of hydrogen-bond acceptors (Lipinski definition) is 5. The van der Waals surface area contributed by atoms with E-state index in [4.69, 9.17) is 0 Å². The molecule has 0 aliphatic heterocycles.